The number of halogens is 1. The smallest absolute Gasteiger partial charge is 0.0934 e. The molecule has 1 saturated carbocycles. The van der Waals surface area contributed by atoms with Crippen LogP contribution >= 0.6 is 11.6 Å². The number of anilines is 1. The first-order valence-electron chi connectivity index (χ1n) is 7.77. The van der Waals surface area contributed by atoms with Gasteiger partial charge in [-0.25, -0.2) is 0 Å². The molecule has 1 aliphatic heterocycles. The van der Waals surface area contributed by atoms with Crippen LogP contribution in [0.15, 0.2) is 30.5 Å². The second-order valence-electron chi connectivity index (χ2n) is 6.38. The Bertz CT molecular complexity index is 668. The summed E-state index contributed by atoms with van der Waals surface area (Å²) in [5.74, 6) is 0. The maximum absolute atomic E-state index is 6.25. The van der Waals surface area contributed by atoms with Crippen LogP contribution in [0.2, 0.25) is 5.02 Å². The topological polar surface area (TPSA) is 28.2 Å². The normalized spacial score (nSPS) is 26.4. The number of pyridine rings is 1. The second kappa shape index (κ2) is 5.15. The molecule has 1 aliphatic carbocycles. The van der Waals surface area contributed by atoms with Crippen LogP contribution in [0.4, 0.5) is 5.69 Å². The zero-order chi connectivity index (χ0) is 14.4. The van der Waals surface area contributed by atoms with Crippen molar-refractivity contribution in [1.29, 1.82) is 0 Å². The van der Waals surface area contributed by atoms with Gasteiger partial charge in [0, 0.05) is 41.3 Å². The summed E-state index contributed by atoms with van der Waals surface area (Å²) in [6.45, 7) is 3.47. The quantitative estimate of drug-likeness (QED) is 0.931. The van der Waals surface area contributed by atoms with Crippen molar-refractivity contribution in [3.63, 3.8) is 0 Å². The molecule has 2 atom stereocenters. The lowest BCUT2D eigenvalue weighted by Crippen LogP contribution is -2.31. The first kappa shape index (κ1) is 13.4. The lowest BCUT2D eigenvalue weighted by molar-refractivity contribution is 0.257. The minimum Gasteiger partial charge on any atom is -0.379 e. The molecule has 2 fully saturated rings. The Morgan fingerprint density at radius 2 is 2.19 bits per heavy atom. The van der Waals surface area contributed by atoms with Crippen LogP contribution in [-0.2, 0) is 0 Å². The van der Waals surface area contributed by atoms with E-state index < -0.39 is 0 Å². The number of fused-ring (bicyclic) bond motifs is 1. The molecule has 1 aromatic heterocycles. The average Bonchev–Trinajstić information content (AvgIpc) is 3.23. The van der Waals surface area contributed by atoms with E-state index in [9.17, 15) is 0 Å². The number of nitrogens with zero attached hydrogens (tertiary/aromatic N) is 2. The molecule has 1 N–H and O–H groups in total. The first-order valence-corrected chi connectivity index (χ1v) is 8.15. The Hall–Kier alpha value is -1.32. The molecule has 2 unspecified atom stereocenters. The third-order valence-corrected chi connectivity index (χ3v) is 4.89. The number of hydrogen-bond donors (Lipinski definition) is 1. The highest BCUT2D eigenvalue weighted by atomic mass is 35.5. The van der Waals surface area contributed by atoms with Crippen molar-refractivity contribution in [3.8, 4) is 0 Å². The molecule has 0 amide bonds. The van der Waals surface area contributed by atoms with Crippen molar-refractivity contribution in [3.05, 3.63) is 35.5 Å². The fraction of sp³-hybridized carbons (Fsp3) is 0.471. The molecule has 2 heterocycles. The second-order valence-corrected chi connectivity index (χ2v) is 6.82. The zero-order valence-corrected chi connectivity index (χ0v) is 13.0. The molecule has 2 aromatic rings. The molecule has 0 bridgehead atoms. The Morgan fingerprint density at radius 1 is 1.33 bits per heavy atom. The minimum atomic E-state index is 0.490. The van der Waals surface area contributed by atoms with Crippen molar-refractivity contribution in [2.75, 3.05) is 11.9 Å². The van der Waals surface area contributed by atoms with Crippen LogP contribution < -0.4 is 5.32 Å². The molecular weight excluding hydrogens is 282 g/mol. The van der Waals surface area contributed by atoms with E-state index in [1.165, 1.54) is 19.3 Å². The maximum atomic E-state index is 6.25. The van der Waals surface area contributed by atoms with E-state index >= 15 is 0 Å². The maximum Gasteiger partial charge on any atom is 0.0934 e. The summed E-state index contributed by atoms with van der Waals surface area (Å²) in [5, 5.41) is 5.54. The number of likely N-dealkylation sites (tertiary alicyclic amines) is 1. The molecule has 2 aliphatic rings. The highest BCUT2D eigenvalue weighted by Gasteiger charge is 2.38. The van der Waals surface area contributed by atoms with Gasteiger partial charge in [-0.2, -0.15) is 0 Å². The summed E-state index contributed by atoms with van der Waals surface area (Å²) in [6, 6.07) is 9.99. The summed E-state index contributed by atoms with van der Waals surface area (Å²) < 4.78 is 0. The summed E-state index contributed by atoms with van der Waals surface area (Å²) in [7, 11) is 0. The molecule has 110 valence electrons. The summed E-state index contributed by atoms with van der Waals surface area (Å²) in [6.07, 6.45) is 5.78. The number of benzene rings is 1. The van der Waals surface area contributed by atoms with Crippen molar-refractivity contribution in [1.82, 2.24) is 9.88 Å². The minimum absolute atomic E-state index is 0.490. The Kier molecular flexibility index (Phi) is 3.27. The molecule has 0 radical (unpaired) electrons. The van der Waals surface area contributed by atoms with Gasteiger partial charge >= 0.3 is 0 Å². The van der Waals surface area contributed by atoms with Gasteiger partial charge in [0.2, 0.25) is 0 Å². The Labute approximate surface area is 130 Å². The van der Waals surface area contributed by atoms with Gasteiger partial charge < -0.3 is 5.32 Å². The SMILES string of the molecule is CC1CC(Nc2cc(Cl)cc3cccnc23)CN1C1CC1. The van der Waals surface area contributed by atoms with Crippen LogP contribution in [0, 0.1) is 0 Å². The molecule has 4 heteroatoms. The number of rotatable bonds is 3. The molecule has 4 rings (SSSR count). The average molecular weight is 302 g/mol. The van der Waals surface area contributed by atoms with Crippen LogP contribution in [0.1, 0.15) is 26.2 Å². The van der Waals surface area contributed by atoms with Crippen LogP contribution in [0.25, 0.3) is 10.9 Å². The lowest BCUT2D eigenvalue weighted by atomic mass is 10.1. The first-order chi connectivity index (χ1) is 10.2. The molecule has 21 heavy (non-hydrogen) atoms. The number of aromatic nitrogens is 1. The van der Waals surface area contributed by atoms with Gasteiger partial charge in [-0.1, -0.05) is 17.7 Å². The molecule has 0 spiro atoms. The molecule has 1 aromatic carbocycles. The lowest BCUT2D eigenvalue weighted by Gasteiger charge is -2.20. The van der Waals surface area contributed by atoms with E-state index in [1.807, 2.05) is 24.4 Å². The van der Waals surface area contributed by atoms with Crippen LogP contribution in [0.3, 0.4) is 0 Å². The summed E-state index contributed by atoms with van der Waals surface area (Å²) in [5.41, 5.74) is 2.08. The van der Waals surface area contributed by atoms with Gasteiger partial charge in [0.05, 0.1) is 11.2 Å². The highest BCUT2D eigenvalue weighted by molar-refractivity contribution is 6.31. The number of nitrogens with one attached hydrogen (secondary N) is 1. The number of hydrogen-bond acceptors (Lipinski definition) is 3. The van der Waals surface area contributed by atoms with Gasteiger partial charge in [0.25, 0.3) is 0 Å². The molecule has 3 nitrogen and oxygen atoms in total. The highest BCUT2D eigenvalue weighted by Crippen LogP contribution is 2.35. The fourth-order valence-electron chi connectivity index (χ4n) is 3.56. The van der Waals surface area contributed by atoms with Gasteiger partial charge in [0.15, 0.2) is 0 Å². The monoisotopic (exact) mass is 301 g/mol. The van der Waals surface area contributed by atoms with Crippen molar-refractivity contribution in [2.45, 2.75) is 44.3 Å². The van der Waals surface area contributed by atoms with E-state index in [4.69, 9.17) is 11.6 Å². The van der Waals surface area contributed by atoms with Crippen molar-refractivity contribution < 1.29 is 0 Å². The summed E-state index contributed by atoms with van der Waals surface area (Å²) in [4.78, 5) is 7.17. The standard InChI is InChI=1S/C17H20ClN3/c1-11-7-14(10-21(11)15-4-5-15)20-16-9-13(18)8-12-3-2-6-19-17(12)16/h2-3,6,8-9,11,14-15,20H,4-5,7,10H2,1H3. The van der Waals surface area contributed by atoms with Crippen LogP contribution in [-0.4, -0.2) is 34.6 Å². The van der Waals surface area contributed by atoms with Crippen molar-refractivity contribution >= 4 is 28.2 Å². The van der Waals surface area contributed by atoms with Crippen LogP contribution in [0.5, 0.6) is 0 Å². The zero-order valence-electron chi connectivity index (χ0n) is 12.2. The van der Waals surface area contributed by atoms with E-state index in [-0.39, 0.29) is 0 Å². The summed E-state index contributed by atoms with van der Waals surface area (Å²) >= 11 is 6.25. The predicted octanol–water partition coefficient (Wildman–Crippen LogP) is 3.93. The van der Waals surface area contributed by atoms with Gasteiger partial charge in [-0.3, -0.25) is 9.88 Å². The van der Waals surface area contributed by atoms with Crippen molar-refractivity contribution in [2.24, 2.45) is 0 Å². The molecule has 1 saturated heterocycles. The molecular formula is C17H20ClN3. The Morgan fingerprint density at radius 3 is 3.00 bits per heavy atom. The van der Waals surface area contributed by atoms with E-state index in [1.54, 1.807) is 0 Å². The third-order valence-electron chi connectivity index (χ3n) is 4.67. The van der Waals surface area contributed by atoms with Gasteiger partial charge in [-0.15, -0.1) is 0 Å². The largest absolute Gasteiger partial charge is 0.379 e. The Balaban J connectivity index is 1.60. The van der Waals surface area contributed by atoms with E-state index in [0.29, 0.717) is 12.1 Å². The van der Waals surface area contributed by atoms with E-state index in [0.717, 1.165) is 34.2 Å². The predicted molar refractivity (Wildman–Crippen MR) is 88.0 cm³/mol. The third kappa shape index (κ3) is 2.60. The van der Waals surface area contributed by atoms with Gasteiger partial charge in [0.1, 0.15) is 0 Å². The fourth-order valence-corrected chi connectivity index (χ4v) is 3.79. The van der Waals surface area contributed by atoms with E-state index in [2.05, 4.69) is 28.2 Å². The van der Waals surface area contributed by atoms with Gasteiger partial charge in [-0.05, 0) is 44.4 Å².